The van der Waals surface area contributed by atoms with E-state index >= 15 is 4.57 Å². The zero-order chi connectivity index (χ0) is 30.7. The summed E-state index contributed by atoms with van der Waals surface area (Å²) < 4.78 is 20.2. The van der Waals surface area contributed by atoms with Crippen molar-refractivity contribution < 1.29 is 4.57 Å². The van der Waals surface area contributed by atoms with Crippen molar-refractivity contribution in [3.8, 4) is 11.4 Å². The monoisotopic (exact) mass is 608 g/mol. The van der Waals surface area contributed by atoms with Crippen LogP contribution in [0, 0.1) is 0 Å². The van der Waals surface area contributed by atoms with E-state index in [9.17, 15) is 0 Å². The molecule has 0 unspecified atom stereocenters. The van der Waals surface area contributed by atoms with Crippen LogP contribution in [0.1, 0.15) is 0 Å². The van der Waals surface area contributed by atoms with E-state index in [2.05, 4.69) is 118 Å². The van der Waals surface area contributed by atoms with E-state index in [4.69, 9.17) is 0 Å². The second kappa shape index (κ2) is 10.5. The normalized spacial score (nSPS) is 12.0. The van der Waals surface area contributed by atoms with E-state index in [1.807, 2.05) is 66.7 Å². The Morgan fingerprint density at radius 1 is 0.348 bits per heavy atom. The van der Waals surface area contributed by atoms with Gasteiger partial charge in [-0.25, -0.2) is 0 Å². The molecule has 0 atom stereocenters. The Morgan fingerprint density at radius 2 is 0.761 bits per heavy atom. The van der Waals surface area contributed by atoms with Gasteiger partial charge in [-0.15, -0.1) is 0 Å². The molecule has 0 aliphatic heterocycles. The number of hydrogen-bond donors (Lipinski definition) is 0. The maximum Gasteiger partial charge on any atom is 0.171 e. The van der Waals surface area contributed by atoms with Crippen molar-refractivity contribution in [3.63, 3.8) is 0 Å². The summed E-state index contributed by atoms with van der Waals surface area (Å²) in [7, 11) is -3.17. The summed E-state index contributed by atoms with van der Waals surface area (Å²) in [6.07, 6.45) is 0. The SMILES string of the molecule is O=P(c1ccccc1)(c1ccccc1)c1cccc(-n2c3ccccc3c3ccc4c5ccccc5n(-c5ccccc5)c4c32)c1. The van der Waals surface area contributed by atoms with Gasteiger partial charge in [0.1, 0.15) is 0 Å². The van der Waals surface area contributed by atoms with Crippen LogP contribution in [0.5, 0.6) is 0 Å². The molecule has 218 valence electrons. The van der Waals surface area contributed by atoms with Gasteiger partial charge < -0.3 is 13.7 Å². The van der Waals surface area contributed by atoms with Crippen molar-refractivity contribution in [2.45, 2.75) is 0 Å². The standard InChI is InChI=1S/C42H29N2OP/c45-46(32-18-6-2-7-19-32,33-20-8-3-9-21-33)34-22-14-17-31(29-34)44-40-26-13-11-24-36(40)38-28-27-37-35-23-10-12-25-39(35)43(41(37)42(38)44)30-15-4-1-5-16-30/h1-29H. The Labute approximate surface area is 267 Å². The van der Waals surface area contributed by atoms with Crippen LogP contribution in [-0.2, 0) is 4.57 Å². The third-order valence-electron chi connectivity index (χ3n) is 9.17. The summed E-state index contributed by atoms with van der Waals surface area (Å²) in [6.45, 7) is 0. The fourth-order valence-corrected chi connectivity index (χ4v) is 9.85. The number of para-hydroxylation sites is 3. The maximum atomic E-state index is 15.4. The number of benzene rings is 7. The van der Waals surface area contributed by atoms with Crippen LogP contribution in [0.4, 0.5) is 0 Å². The third kappa shape index (κ3) is 3.89. The number of aromatic nitrogens is 2. The topological polar surface area (TPSA) is 26.9 Å². The van der Waals surface area contributed by atoms with Crippen molar-refractivity contribution in [1.29, 1.82) is 0 Å². The molecule has 0 bridgehead atoms. The highest BCUT2D eigenvalue weighted by atomic mass is 31.2. The lowest BCUT2D eigenvalue weighted by Gasteiger charge is -2.21. The van der Waals surface area contributed by atoms with E-state index in [1.54, 1.807) is 0 Å². The van der Waals surface area contributed by atoms with Crippen LogP contribution in [0.25, 0.3) is 55.0 Å². The smallest absolute Gasteiger partial charge is 0.171 e. The van der Waals surface area contributed by atoms with Gasteiger partial charge in [0.2, 0.25) is 0 Å². The first-order valence-electron chi connectivity index (χ1n) is 15.6. The van der Waals surface area contributed by atoms with Gasteiger partial charge in [-0.2, -0.15) is 0 Å². The summed E-state index contributed by atoms with van der Waals surface area (Å²) >= 11 is 0. The summed E-state index contributed by atoms with van der Waals surface area (Å²) in [4.78, 5) is 0. The Bertz CT molecular complexity index is 2560. The van der Waals surface area contributed by atoms with E-state index in [1.165, 1.54) is 27.1 Å². The van der Waals surface area contributed by atoms with E-state index < -0.39 is 7.14 Å². The third-order valence-corrected chi connectivity index (χ3v) is 12.2. The second-order valence-corrected chi connectivity index (χ2v) is 14.5. The lowest BCUT2D eigenvalue weighted by atomic mass is 10.1. The first kappa shape index (κ1) is 26.7. The van der Waals surface area contributed by atoms with E-state index in [-0.39, 0.29) is 0 Å². The minimum atomic E-state index is -3.17. The molecule has 0 aliphatic rings. The highest BCUT2D eigenvalue weighted by Crippen LogP contribution is 2.44. The van der Waals surface area contributed by atoms with Crippen LogP contribution >= 0.6 is 7.14 Å². The minimum Gasteiger partial charge on any atom is -0.309 e. The zero-order valence-corrected chi connectivity index (χ0v) is 25.9. The minimum absolute atomic E-state index is 0.809. The fourth-order valence-electron chi connectivity index (χ4n) is 7.17. The molecular weight excluding hydrogens is 579 g/mol. The molecule has 0 N–H and O–H groups in total. The number of hydrogen-bond acceptors (Lipinski definition) is 1. The average Bonchev–Trinajstić information content (AvgIpc) is 3.66. The number of rotatable bonds is 5. The fraction of sp³-hybridized carbons (Fsp3) is 0. The molecule has 0 saturated heterocycles. The van der Waals surface area contributed by atoms with Gasteiger partial charge in [0.25, 0.3) is 0 Å². The molecule has 0 fully saturated rings. The predicted octanol–water partition coefficient (Wildman–Crippen LogP) is 9.52. The molecule has 2 aromatic heterocycles. The van der Waals surface area contributed by atoms with E-state index in [0.717, 1.165) is 43.8 Å². The molecule has 0 aliphatic carbocycles. The molecule has 0 amide bonds. The molecule has 46 heavy (non-hydrogen) atoms. The molecule has 0 saturated carbocycles. The van der Waals surface area contributed by atoms with Crippen LogP contribution in [0.2, 0.25) is 0 Å². The average molecular weight is 609 g/mol. The molecular formula is C42H29N2OP. The maximum absolute atomic E-state index is 15.4. The summed E-state index contributed by atoms with van der Waals surface area (Å²) in [5.74, 6) is 0. The zero-order valence-electron chi connectivity index (χ0n) is 25.0. The van der Waals surface area contributed by atoms with Gasteiger partial charge in [0.05, 0.1) is 22.1 Å². The number of fused-ring (bicyclic) bond motifs is 7. The molecule has 9 rings (SSSR count). The van der Waals surface area contributed by atoms with Gasteiger partial charge in [0.15, 0.2) is 7.14 Å². The van der Waals surface area contributed by atoms with Crippen LogP contribution in [0.15, 0.2) is 176 Å². The van der Waals surface area contributed by atoms with E-state index in [0.29, 0.717) is 0 Å². The largest absolute Gasteiger partial charge is 0.309 e. The highest BCUT2D eigenvalue weighted by molar-refractivity contribution is 7.85. The number of nitrogens with zero attached hydrogens (tertiary/aromatic N) is 2. The molecule has 7 aromatic carbocycles. The molecule has 0 radical (unpaired) electrons. The molecule has 3 nitrogen and oxygen atoms in total. The van der Waals surface area contributed by atoms with Crippen LogP contribution < -0.4 is 15.9 Å². The molecule has 0 spiro atoms. The van der Waals surface area contributed by atoms with Crippen molar-refractivity contribution in [2.75, 3.05) is 0 Å². The van der Waals surface area contributed by atoms with Gasteiger partial charge in [-0.05, 0) is 36.4 Å². The molecule has 9 aromatic rings. The van der Waals surface area contributed by atoms with Crippen molar-refractivity contribution in [3.05, 3.63) is 176 Å². The first-order valence-corrected chi connectivity index (χ1v) is 17.3. The Hall–Kier alpha value is -5.63. The van der Waals surface area contributed by atoms with Gasteiger partial charge >= 0.3 is 0 Å². The van der Waals surface area contributed by atoms with Crippen LogP contribution in [0.3, 0.4) is 0 Å². The van der Waals surface area contributed by atoms with Gasteiger partial charge in [-0.3, -0.25) is 0 Å². The lowest BCUT2D eigenvalue weighted by Crippen LogP contribution is -2.25. The summed E-state index contributed by atoms with van der Waals surface area (Å²) in [6, 6.07) is 60.6. The summed E-state index contributed by atoms with van der Waals surface area (Å²) in [5, 5.41) is 7.24. The highest BCUT2D eigenvalue weighted by Gasteiger charge is 2.30. The molecule has 4 heteroatoms. The van der Waals surface area contributed by atoms with Gasteiger partial charge in [-0.1, -0.05) is 140 Å². The van der Waals surface area contributed by atoms with Crippen molar-refractivity contribution in [2.24, 2.45) is 0 Å². The summed E-state index contributed by atoms with van der Waals surface area (Å²) in [5.41, 5.74) is 6.66. The first-order chi connectivity index (χ1) is 22.7. The van der Waals surface area contributed by atoms with Crippen molar-refractivity contribution >= 4 is 66.7 Å². The Kier molecular flexibility index (Phi) is 6.09. The molecule has 2 heterocycles. The van der Waals surface area contributed by atoms with Gasteiger partial charge in [0, 0.05) is 48.8 Å². The lowest BCUT2D eigenvalue weighted by molar-refractivity contribution is 0.592. The Balaban J connectivity index is 1.42. The Morgan fingerprint density at radius 3 is 1.30 bits per heavy atom. The second-order valence-electron chi connectivity index (χ2n) is 11.7. The quantitative estimate of drug-likeness (QED) is 0.179. The van der Waals surface area contributed by atoms with Crippen LogP contribution in [-0.4, -0.2) is 9.13 Å². The van der Waals surface area contributed by atoms with Crippen molar-refractivity contribution in [1.82, 2.24) is 9.13 Å². The predicted molar refractivity (Wildman–Crippen MR) is 195 cm³/mol.